The summed E-state index contributed by atoms with van der Waals surface area (Å²) in [5.41, 5.74) is 0. The van der Waals surface area contributed by atoms with Gasteiger partial charge in [0.2, 0.25) is 0 Å². The summed E-state index contributed by atoms with van der Waals surface area (Å²) in [6, 6.07) is 0. The molecule has 0 radical (unpaired) electrons. The van der Waals surface area contributed by atoms with Crippen LogP contribution in [0.15, 0.2) is 0 Å². The predicted octanol–water partition coefficient (Wildman–Crippen LogP) is 4.22. The lowest BCUT2D eigenvalue weighted by atomic mass is 10.1. The Kier molecular flexibility index (Phi) is 13.3. The summed E-state index contributed by atoms with van der Waals surface area (Å²) in [4.78, 5) is 2.23. The molecule has 2 nitrogen and oxygen atoms in total. The van der Waals surface area contributed by atoms with Crippen LogP contribution in [0.3, 0.4) is 0 Å². The summed E-state index contributed by atoms with van der Waals surface area (Å²) in [5.74, 6) is 0. The summed E-state index contributed by atoms with van der Waals surface area (Å²) in [5, 5.41) is 9.24. The van der Waals surface area contributed by atoms with E-state index in [-0.39, 0.29) is 6.10 Å². The molecule has 0 aliphatic heterocycles. The minimum absolute atomic E-state index is 0.196. The third-order valence-electron chi connectivity index (χ3n) is 3.47. The van der Waals surface area contributed by atoms with Crippen LogP contribution in [0.1, 0.15) is 78.1 Å². The molecule has 1 atom stereocenters. The molecule has 1 unspecified atom stereocenters. The number of nitrogens with zero attached hydrogens (tertiary/aromatic N) is 1. The number of unbranched alkanes of at least 4 members (excludes halogenated alkanes) is 9. The number of aliphatic hydroxyl groups is 1. The highest BCUT2D eigenvalue weighted by atomic mass is 16.3. The van der Waals surface area contributed by atoms with Gasteiger partial charge in [-0.15, -0.1) is 0 Å². The van der Waals surface area contributed by atoms with Gasteiger partial charge in [-0.1, -0.05) is 64.7 Å². The summed E-state index contributed by atoms with van der Waals surface area (Å²) in [7, 11) is 2.10. The topological polar surface area (TPSA) is 23.5 Å². The van der Waals surface area contributed by atoms with Crippen molar-refractivity contribution in [2.75, 3.05) is 20.1 Å². The molecule has 0 heterocycles. The standard InChI is InChI=1S/C16H35NO/c1-4-5-6-7-8-9-10-11-12-13-14-17(3)15-16(2)18/h16,18H,4-15H2,1-3H3. The lowest BCUT2D eigenvalue weighted by Gasteiger charge is -2.17. The molecule has 0 spiro atoms. The summed E-state index contributed by atoms with van der Waals surface area (Å²) in [6.07, 6.45) is 13.7. The van der Waals surface area contributed by atoms with Gasteiger partial charge in [0.1, 0.15) is 0 Å². The van der Waals surface area contributed by atoms with Crippen LogP contribution in [0, 0.1) is 0 Å². The fourth-order valence-electron chi connectivity index (χ4n) is 2.41. The highest BCUT2D eigenvalue weighted by Crippen LogP contribution is 2.10. The average Bonchev–Trinajstić information content (AvgIpc) is 2.30. The molecule has 0 aliphatic rings. The fraction of sp³-hybridized carbons (Fsp3) is 1.00. The zero-order chi connectivity index (χ0) is 13.6. The summed E-state index contributed by atoms with van der Waals surface area (Å²) in [6.45, 7) is 6.06. The van der Waals surface area contributed by atoms with Crippen molar-refractivity contribution in [2.45, 2.75) is 84.2 Å². The first-order valence-electron chi connectivity index (χ1n) is 8.03. The third kappa shape index (κ3) is 14.0. The number of likely N-dealkylation sites (N-methyl/N-ethyl adjacent to an activating group) is 1. The van der Waals surface area contributed by atoms with Gasteiger partial charge in [0.15, 0.2) is 0 Å². The van der Waals surface area contributed by atoms with Crippen molar-refractivity contribution in [1.82, 2.24) is 4.90 Å². The highest BCUT2D eigenvalue weighted by Gasteiger charge is 2.01. The van der Waals surface area contributed by atoms with Crippen molar-refractivity contribution < 1.29 is 5.11 Å². The molecule has 110 valence electrons. The van der Waals surface area contributed by atoms with Crippen molar-refractivity contribution in [1.29, 1.82) is 0 Å². The van der Waals surface area contributed by atoms with Crippen molar-refractivity contribution in [3.63, 3.8) is 0 Å². The second-order valence-electron chi connectivity index (χ2n) is 5.79. The van der Waals surface area contributed by atoms with Gasteiger partial charge in [-0.25, -0.2) is 0 Å². The SMILES string of the molecule is CCCCCCCCCCCCN(C)CC(C)O. The minimum atomic E-state index is -0.196. The van der Waals surface area contributed by atoms with E-state index in [0.29, 0.717) is 0 Å². The van der Waals surface area contributed by atoms with Crippen molar-refractivity contribution in [3.05, 3.63) is 0 Å². The van der Waals surface area contributed by atoms with Crippen LogP contribution in [-0.2, 0) is 0 Å². The molecular formula is C16H35NO. The van der Waals surface area contributed by atoms with E-state index in [4.69, 9.17) is 0 Å². The number of rotatable bonds is 13. The van der Waals surface area contributed by atoms with Crippen LogP contribution in [0.25, 0.3) is 0 Å². The van der Waals surface area contributed by atoms with E-state index in [1.807, 2.05) is 6.92 Å². The molecule has 0 amide bonds. The van der Waals surface area contributed by atoms with Gasteiger partial charge in [-0.05, 0) is 26.9 Å². The molecule has 0 aromatic rings. The Morgan fingerprint density at radius 1 is 0.833 bits per heavy atom. The average molecular weight is 257 g/mol. The van der Waals surface area contributed by atoms with Crippen LogP contribution in [0.5, 0.6) is 0 Å². The molecule has 18 heavy (non-hydrogen) atoms. The monoisotopic (exact) mass is 257 g/mol. The molecule has 0 aromatic heterocycles. The Morgan fingerprint density at radius 3 is 1.72 bits per heavy atom. The van der Waals surface area contributed by atoms with Crippen LogP contribution in [-0.4, -0.2) is 36.2 Å². The predicted molar refractivity (Wildman–Crippen MR) is 81.0 cm³/mol. The van der Waals surface area contributed by atoms with Crippen molar-refractivity contribution >= 4 is 0 Å². The van der Waals surface area contributed by atoms with Gasteiger partial charge < -0.3 is 10.0 Å². The highest BCUT2D eigenvalue weighted by molar-refractivity contribution is 4.56. The molecule has 0 bridgehead atoms. The first-order valence-corrected chi connectivity index (χ1v) is 8.03. The third-order valence-corrected chi connectivity index (χ3v) is 3.47. The largest absolute Gasteiger partial charge is 0.392 e. The molecule has 0 saturated carbocycles. The summed E-state index contributed by atoms with van der Waals surface area (Å²) >= 11 is 0. The van der Waals surface area contributed by atoms with Gasteiger partial charge >= 0.3 is 0 Å². The van der Waals surface area contributed by atoms with E-state index >= 15 is 0 Å². The maximum absolute atomic E-state index is 9.24. The Morgan fingerprint density at radius 2 is 1.28 bits per heavy atom. The smallest absolute Gasteiger partial charge is 0.0638 e. The van der Waals surface area contributed by atoms with E-state index in [1.165, 1.54) is 64.2 Å². The maximum Gasteiger partial charge on any atom is 0.0638 e. The Labute approximate surface area is 115 Å². The van der Waals surface area contributed by atoms with E-state index in [0.717, 1.165) is 13.1 Å². The Balaban J connectivity index is 3.07. The van der Waals surface area contributed by atoms with Crippen LogP contribution in [0.4, 0.5) is 0 Å². The first-order chi connectivity index (χ1) is 8.66. The number of aliphatic hydroxyl groups excluding tert-OH is 1. The lowest BCUT2D eigenvalue weighted by Crippen LogP contribution is -2.28. The van der Waals surface area contributed by atoms with E-state index < -0.39 is 0 Å². The molecule has 1 N–H and O–H groups in total. The van der Waals surface area contributed by atoms with Gasteiger partial charge in [-0.2, -0.15) is 0 Å². The zero-order valence-corrected chi connectivity index (χ0v) is 13.0. The van der Waals surface area contributed by atoms with Gasteiger partial charge in [0, 0.05) is 6.54 Å². The van der Waals surface area contributed by atoms with Gasteiger partial charge in [-0.3, -0.25) is 0 Å². The molecule has 0 rings (SSSR count). The normalized spacial score (nSPS) is 13.2. The fourth-order valence-corrected chi connectivity index (χ4v) is 2.41. The van der Waals surface area contributed by atoms with Crippen LogP contribution in [0.2, 0.25) is 0 Å². The van der Waals surface area contributed by atoms with Gasteiger partial charge in [0.25, 0.3) is 0 Å². The van der Waals surface area contributed by atoms with Crippen molar-refractivity contribution in [3.8, 4) is 0 Å². The molecule has 0 aliphatic carbocycles. The maximum atomic E-state index is 9.24. The molecule has 0 saturated heterocycles. The minimum Gasteiger partial charge on any atom is -0.392 e. The van der Waals surface area contributed by atoms with Crippen LogP contribution < -0.4 is 0 Å². The molecule has 0 fully saturated rings. The van der Waals surface area contributed by atoms with E-state index in [9.17, 15) is 5.11 Å². The zero-order valence-electron chi connectivity index (χ0n) is 13.0. The molecule has 2 heteroatoms. The van der Waals surface area contributed by atoms with Gasteiger partial charge in [0.05, 0.1) is 6.10 Å². The van der Waals surface area contributed by atoms with Crippen molar-refractivity contribution in [2.24, 2.45) is 0 Å². The quantitative estimate of drug-likeness (QED) is 0.499. The second kappa shape index (κ2) is 13.4. The second-order valence-corrected chi connectivity index (χ2v) is 5.79. The lowest BCUT2D eigenvalue weighted by molar-refractivity contribution is 0.140. The molecular weight excluding hydrogens is 222 g/mol. The first kappa shape index (κ1) is 17.9. The number of hydrogen-bond acceptors (Lipinski definition) is 2. The summed E-state index contributed by atoms with van der Waals surface area (Å²) < 4.78 is 0. The van der Waals surface area contributed by atoms with Crippen LogP contribution >= 0.6 is 0 Å². The number of hydrogen-bond donors (Lipinski definition) is 1. The Hall–Kier alpha value is -0.0800. The van der Waals surface area contributed by atoms with E-state index in [1.54, 1.807) is 0 Å². The van der Waals surface area contributed by atoms with E-state index in [2.05, 4.69) is 18.9 Å². The Bertz CT molecular complexity index is 159. The molecule has 0 aromatic carbocycles.